The lowest BCUT2D eigenvalue weighted by molar-refractivity contribution is -0.130. The van der Waals surface area contributed by atoms with E-state index in [0.717, 1.165) is 46.5 Å². The maximum Gasteiger partial charge on any atom is 0.261 e. The average Bonchev–Trinajstić information content (AvgIpc) is 3.97. The highest BCUT2D eigenvalue weighted by Crippen LogP contribution is 2.42. The molecular weight excluding hydrogens is 965 g/mol. The lowest BCUT2D eigenvalue weighted by Gasteiger charge is -2.26. The highest BCUT2D eigenvalue weighted by molar-refractivity contribution is 6.15. The minimum absolute atomic E-state index is 0.0108. The van der Waals surface area contributed by atoms with Gasteiger partial charge in [0.15, 0.2) is 17.3 Å². The van der Waals surface area contributed by atoms with Crippen LogP contribution in [0.1, 0.15) is 112 Å². The van der Waals surface area contributed by atoms with Crippen LogP contribution in [0.3, 0.4) is 0 Å². The third kappa shape index (κ3) is 11.0. The summed E-state index contributed by atoms with van der Waals surface area (Å²) < 4.78 is 18.7. The minimum Gasteiger partial charge on any atom is -0.493 e. The maximum absolute atomic E-state index is 14.1. The molecule has 16 heteroatoms. The Kier molecular flexibility index (Phi) is 15.1. The summed E-state index contributed by atoms with van der Waals surface area (Å²) >= 11 is 0. The predicted octanol–water partition coefficient (Wildman–Crippen LogP) is 8.27. The van der Waals surface area contributed by atoms with Gasteiger partial charge in [-0.15, -0.1) is 0 Å². The normalized spacial score (nSPS) is 18.9. The first-order valence-corrected chi connectivity index (χ1v) is 26.3. The third-order valence-electron chi connectivity index (χ3n) is 15.4. The summed E-state index contributed by atoms with van der Waals surface area (Å²) in [7, 11) is 3.14. The topological polar surface area (TPSA) is 202 Å². The first-order valence-electron chi connectivity index (χ1n) is 26.3. The molecule has 16 nitrogen and oxygen atoms in total. The standard InChI is InChI=1S/C60H62N6O10/c1-35-22-48-49(62-31-45-27-42-9-5-7-11-51(42)66(45)60(48)73)30-53(35)75-33-36-23-37(34-76-55-28-40-16-17-44-26-41-8-4-6-10-50(41)65(44)59(72)47(40)29-54(55)74-3)25-43(24-36)64-57(70)20-18-46(67)32-63-56(69)21-19-52(68)38-12-14-39(15-13-38)58(71)61-2/h4-11,22-25,28-31,38-39,44-45H,12-21,26-27,32-34H2,1-3H3,(H,61,71)(H,63,69)(H,64,70)/t38?,39?,44-,45+/m1/s1. The number of nitrogens with zero attached hydrogens (tertiary/aromatic N) is 3. The number of hydrogen-bond donors (Lipinski definition) is 3. The Labute approximate surface area is 441 Å². The number of para-hydroxylation sites is 2. The quantitative estimate of drug-likeness (QED) is 0.0767. The molecule has 2 atom stereocenters. The van der Waals surface area contributed by atoms with Gasteiger partial charge in [0.2, 0.25) is 17.7 Å². The van der Waals surface area contributed by atoms with Crippen LogP contribution < -0.4 is 40.0 Å². The number of hydrogen-bond acceptors (Lipinski definition) is 11. The smallest absolute Gasteiger partial charge is 0.261 e. The summed E-state index contributed by atoms with van der Waals surface area (Å²) in [6, 6.07) is 28.5. The summed E-state index contributed by atoms with van der Waals surface area (Å²) in [5.74, 6) is -0.270. The number of fused-ring (bicyclic) bond motifs is 8. The molecule has 76 heavy (non-hydrogen) atoms. The number of rotatable bonds is 18. The number of ketones is 2. The summed E-state index contributed by atoms with van der Waals surface area (Å²) in [5.41, 5.74) is 9.08. The van der Waals surface area contributed by atoms with Gasteiger partial charge in [-0.1, -0.05) is 36.4 Å². The fourth-order valence-electron chi connectivity index (χ4n) is 11.4. The number of amides is 5. The van der Waals surface area contributed by atoms with Gasteiger partial charge in [-0.25, -0.2) is 0 Å². The van der Waals surface area contributed by atoms with Gasteiger partial charge in [0.25, 0.3) is 11.8 Å². The van der Waals surface area contributed by atoms with Gasteiger partial charge in [0, 0.05) is 91.9 Å². The molecule has 0 spiro atoms. The van der Waals surface area contributed by atoms with E-state index in [2.05, 4.69) is 22.0 Å². The van der Waals surface area contributed by atoms with Crippen LogP contribution in [0, 0.1) is 18.8 Å². The zero-order valence-corrected chi connectivity index (χ0v) is 43.1. The average molecular weight is 1030 g/mol. The van der Waals surface area contributed by atoms with Gasteiger partial charge in [0.05, 0.1) is 30.9 Å². The lowest BCUT2D eigenvalue weighted by Crippen LogP contribution is -2.37. The van der Waals surface area contributed by atoms with Gasteiger partial charge in [0.1, 0.15) is 24.7 Å². The molecular formula is C60H62N6O10. The molecule has 0 unspecified atom stereocenters. The highest BCUT2D eigenvalue weighted by Gasteiger charge is 2.39. The van der Waals surface area contributed by atoms with Gasteiger partial charge in [-0.2, -0.15) is 0 Å². The second-order valence-corrected chi connectivity index (χ2v) is 20.5. The van der Waals surface area contributed by atoms with Crippen molar-refractivity contribution in [1.29, 1.82) is 0 Å². The number of Topliss-reactive ketones (excluding diaryl/α,β-unsaturated/α-hetero) is 2. The second-order valence-electron chi connectivity index (χ2n) is 20.5. The fraction of sp³-hybridized carbons (Fsp3) is 0.367. The van der Waals surface area contributed by atoms with Crippen molar-refractivity contribution in [2.45, 2.75) is 109 Å². The van der Waals surface area contributed by atoms with Crippen LogP contribution in [-0.4, -0.2) is 80.1 Å². The number of aliphatic imine (C=N–C) groups is 1. The third-order valence-corrected chi connectivity index (χ3v) is 15.4. The van der Waals surface area contributed by atoms with Crippen LogP contribution in [0.15, 0.2) is 96.0 Å². The van der Waals surface area contributed by atoms with E-state index in [9.17, 15) is 33.6 Å². The van der Waals surface area contributed by atoms with E-state index in [1.54, 1.807) is 31.3 Å². The highest BCUT2D eigenvalue weighted by atomic mass is 16.5. The molecule has 0 aromatic heterocycles. The first kappa shape index (κ1) is 51.4. The molecule has 3 N–H and O–H groups in total. The molecule has 5 amide bonds. The van der Waals surface area contributed by atoms with Gasteiger partial charge >= 0.3 is 0 Å². The van der Waals surface area contributed by atoms with Crippen molar-refractivity contribution in [3.05, 3.63) is 136 Å². The first-order chi connectivity index (χ1) is 36.8. The molecule has 5 aromatic carbocycles. The summed E-state index contributed by atoms with van der Waals surface area (Å²) in [4.78, 5) is 100. The van der Waals surface area contributed by atoms with E-state index >= 15 is 0 Å². The van der Waals surface area contributed by atoms with Crippen molar-refractivity contribution in [1.82, 2.24) is 10.6 Å². The largest absolute Gasteiger partial charge is 0.493 e. The van der Waals surface area contributed by atoms with E-state index in [1.807, 2.05) is 83.6 Å². The molecule has 1 fully saturated rings. The minimum atomic E-state index is -0.422. The van der Waals surface area contributed by atoms with Gasteiger partial charge < -0.3 is 35.1 Å². The molecule has 1 saturated carbocycles. The van der Waals surface area contributed by atoms with E-state index in [4.69, 9.17) is 19.2 Å². The van der Waals surface area contributed by atoms with Crippen molar-refractivity contribution in [2.24, 2.45) is 16.8 Å². The van der Waals surface area contributed by atoms with E-state index in [-0.39, 0.29) is 98.6 Å². The SMILES string of the molecule is CNC(=O)C1CCC(C(=O)CCC(=O)NCC(=O)CCC(=O)Nc2cc(COc3cc4c(cc3C)C(=O)N3c5ccccc5C[C@H]3C=N4)cc(COc3cc4c(cc3OC)C(=O)N3c5ccccc5C[C@H]3CC4)c2)CC1. The van der Waals surface area contributed by atoms with Crippen molar-refractivity contribution < 1.29 is 47.8 Å². The molecule has 10 rings (SSSR count). The molecule has 1 aliphatic carbocycles. The zero-order valence-electron chi connectivity index (χ0n) is 43.1. The van der Waals surface area contributed by atoms with Crippen LogP contribution in [0.4, 0.5) is 22.7 Å². The van der Waals surface area contributed by atoms with Gasteiger partial charge in [-0.3, -0.25) is 43.5 Å². The Hall–Kier alpha value is -8.14. The number of ether oxygens (including phenoxy) is 3. The number of anilines is 3. The lowest BCUT2D eigenvalue weighted by atomic mass is 9.79. The fourth-order valence-corrected chi connectivity index (χ4v) is 11.4. The zero-order chi connectivity index (χ0) is 53.0. The summed E-state index contributed by atoms with van der Waals surface area (Å²) in [6.07, 6.45) is 7.00. The predicted molar refractivity (Wildman–Crippen MR) is 287 cm³/mol. The van der Waals surface area contributed by atoms with E-state index in [1.165, 1.54) is 7.11 Å². The Morgan fingerprint density at radius 1 is 0.658 bits per heavy atom. The Morgan fingerprint density at radius 2 is 1.32 bits per heavy atom. The molecule has 4 aliphatic heterocycles. The number of aryl methyl sites for hydroxylation is 2. The summed E-state index contributed by atoms with van der Waals surface area (Å²) in [6.45, 7) is 1.74. The molecule has 5 aliphatic rings. The van der Waals surface area contributed by atoms with Crippen LogP contribution in [0.5, 0.6) is 17.2 Å². The molecule has 0 bridgehead atoms. The molecule has 4 heterocycles. The Morgan fingerprint density at radius 3 is 2.04 bits per heavy atom. The number of carbonyl (C=O) groups is 7. The van der Waals surface area contributed by atoms with E-state index < -0.39 is 11.8 Å². The van der Waals surface area contributed by atoms with E-state index in [0.29, 0.717) is 89.4 Å². The monoisotopic (exact) mass is 1030 g/mol. The molecule has 0 saturated heterocycles. The van der Waals surface area contributed by atoms with Crippen molar-refractivity contribution in [3.8, 4) is 17.2 Å². The van der Waals surface area contributed by atoms with Crippen molar-refractivity contribution in [2.75, 3.05) is 35.8 Å². The van der Waals surface area contributed by atoms with Crippen LogP contribution in [-0.2, 0) is 56.4 Å². The maximum atomic E-state index is 14.1. The molecule has 392 valence electrons. The Balaban J connectivity index is 0.806. The van der Waals surface area contributed by atoms with Gasteiger partial charge in [-0.05, 0) is 134 Å². The number of nitrogens with one attached hydrogen (secondary N) is 3. The Bertz CT molecular complexity index is 3180. The summed E-state index contributed by atoms with van der Waals surface area (Å²) in [5, 5.41) is 8.18. The second kappa shape index (κ2) is 22.4. The molecule has 0 radical (unpaired) electrons. The van der Waals surface area contributed by atoms with Crippen LogP contribution >= 0.6 is 0 Å². The van der Waals surface area contributed by atoms with Crippen molar-refractivity contribution >= 4 is 70.1 Å². The van der Waals surface area contributed by atoms with Crippen LogP contribution in [0.25, 0.3) is 0 Å². The van der Waals surface area contributed by atoms with Crippen LogP contribution in [0.2, 0.25) is 0 Å². The number of methoxy groups -OCH3 is 1. The molecule has 5 aromatic rings. The number of carbonyl (C=O) groups excluding carboxylic acids is 7. The van der Waals surface area contributed by atoms with Crippen molar-refractivity contribution in [3.63, 3.8) is 0 Å². The number of benzene rings is 5.